The summed E-state index contributed by atoms with van der Waals surface area (Å²) in [7, 11) is 0. The number of hydrogen-bond acceptors (Lipinski definition) is 3. The van der Waals surface area contributed by atoms with Crippen LogP contribution >= 0.6 is 0 Å². The topological polar surface area (TPSA) is 49.4 Å². The van der Waals surface area contributed by atoms with Crippen molar-refractivity contribution < 1.29 is 9.59 Å². The minimum absolute atomic E-state index is 0.131. The number of nitrogens with one attached hydrogen (secondary N) is 1. The number of nitrogens with zero attached hydrogens (tertiary/aromatic N) is 1. The predicted octanol–water partition coefficient (Wildman–Crippen LogP) is 3.64. The van der Waals surface area contributed by atoms with E-state index in [9.17, 15) is 9.59 Å². The highest BCUT2D eigenvalue weighted by Gasteiger charge is 2.44. The number of rotatable bonds is 3. The number of fused-ring (bicyclic) bond motifs is 1. The lowest BCUT2D eigenvalue weighted by molar-refractivity contribution is -0.129. The number of Topliss-reactive ketones (excluding diaryl/α,β-unsaturated/α-hetero) is 1. The SMILES string of the molecule is CC(=O)[C@H]1C(=O)N(c2ccccc2)N[C@@H]1c1cccc2ccccc12. The van der Waals surface area contributed by atoms with Crippen LogP contribution in [0.3, 0.4) is 0 Å². The number of benzene rings is 3. The van der Waals surface area contributed by atoms with Crippen molar-refractivity contribution in [2.45, 2.75) is 13.0 Å². The zero-order valence-electron chi connectivity index (χ0n) is 13.8. The van der Waals surface area contributed by atoms with Gasteiger partial charge < -0.3 is 0 Å². The van der Waals surface area contributed by atoms with E-state index in [0.717, 1.165) is 22.0 Å². The van der Waals surface area contributed by atoms with E-state index in [-0.39, 0.29) is 17.7 Å². The maximum atomic E-state index is 12.9. The molecule has 0 spiro atoms. The fourth-order valence-corrected chi connectivity index (χ4v) is 3.52. The minimum atomic E-state index is -0.731. The van der Waals surface area contributed by atoms with Crippen molar-refractivity contribution in [3.63, 3.8) is 0 Å². The van der Waals surface area contributed by atoms with Crippen LogP contribution in [0.25, 0.3) is 10.8 Å². The highest BCUT2D eigenvalue weighted by atomic mass is 16.2. The number of carbonyl (C=O) groups excluding carboxylic acids is 2. The third-order valence-electron chi connectivity index (χ3n) is 4.70. The van der Waals surface area contributed by atoms with E-state index in [1.165, 1.54) is 11.9 Å². The van der Waals surface area contributed by atoms with Crippen LogP contribution in [0.1, 0.15) is 18.5 Å². The number of hydrazine groups is 1. The number of para-hydroxylation sites is 1. The summed E-state index contributed by atoms with van der Waals surface area (Å²) < 4.78 is 0. The van der Waals surface area contributed by atoms with Crippen molar-refractivity contribution in [3.8, 4) is 0 Å². The van der Waals surface area contributed by atoms with E-state index >= 15 is 0 Å². The van der Waals surface area contributed by atoms with Gasteiger partial charge >= 0.3 is 0 Å². The molecule has 1 fully saturated rings. The molecule has 0 saturated carbocycles. The van der Waals surface area contributed by atoms with Crippen LogP contribution in [-0.4, -0.2) is 11.7 Å². The Morgan fingerprint density at radius 3 is 2.36 bits per heavy atom. The Balaban J connectivity index is 1.82. The zero-order valence-corrected chi connectivity index (χ0v) is 13.8. The van der Waals surface area contributed by atoms with Gasteiger partial charge in [-0.2, -0.15) is 0 Å². The summed E-state index contributed by atoms with van der Waals surface area (Å²) in [4.78, 5) is 25.2. The van der Waals surface area contributed by atoms with Gasteiger partial charge in [0.25, 0.3) is 5.91 Å². The van der Waals surface area contributed by atoms with Crippen molar-refractivity contribution in [1.82, 2.24) is 5.43 Å². The van der Waals surface area contributed by atoms with Gasteiger partial charge in [-0.15, -0.1) is 0 Å². The number of carbonyl (C=O) groups is 2. The number of hydrogen-bond donors (Lipinski definition) is 1. The van der Waals surface area contributed by atoms with Gasteiger partial charge in [0.1, 0.15) is 11.7 Å². The summed E-state index contributed by atoms with van der Waals surface area (Å²) in [6.45, 7) is 1.48. The Hall–Kier alpha value is -2.98. The first-order chi connectivity index (χ1) is 12.2. The second kappa shape index (κ2) is 6.15. The van der Waals surface area contributed by atoms with E-state index < -0.39 is 5.92 Å². The molecule has 1 N–H and O–H groups in total. The highest BCUT2D eigenvalue weighted by Crippen LogP contribution is 2.36. The molecule has 124 valence electrons. The van der Waals surface area contributed by atoms with Gasteiger partial charge in [0.15, 0.2) is 0 Å². The molecule has 4 rings (SSSR count). The summed E-state index contributed by atoms with van der Waals surface area (Å²) in [6, 6.07) is 23.0. The van der Waals surface area contributed by atoms with Crippen molar-refractivity contribution in [2.75, 3.05) is 5.01 Å². The Bertz CT molecular complexity index is 947. The third kappa shape index (κ3) is 2.61. The molecule has 1 aliphatic heterocycles. The van der Waals surface area contributed by atoms with Gasteiger partial charge in [-0.05, 0) is 35.4 Å². The Kier molecular flexibility index (Phi) is 3.82. The van der Waals surface area contributed by atoms with Gasteiger partial charge in [-0.25, -0.2) is 10.4 Å². The molecule has 0 aliphatic carbocycles. The van der Waals surface area contributed by atoms with E-state index in [0.29, 0.717) is 0 Å². The molecule has 1 saturated heterocycles. The Labute approximate surface area is 146 Å². The minimum Gasteiger partial charge on any atom is -0.299 e. The van der Waals surface area contributed by atoms with Gasteiger partial charge in [-0.1, -0.05) is 60.7 Å². The molecule has 25 heavy (non-hydrogen) atoms. The molecule has 1 amide bonds. The third-order valence-corrected chi connectivity index (χ3v) is 4.70. The number of anilines is 1. The van der Waals surface area contributed by atoms with Gasteiger partial charge in [0, 0.05) is 0 Å². The molecular weight excluding hydrogens is 312 g/mol. The summed E-state index contributed by atoms with van der Waals surface area (Å²) in [5.74, 6) is -1.07. The second-order valence-electron chi connectivity index (χ2n) is 6.27. The summed E-state index contributed by atoms with van der Waals surface area (Å²) in [5.41, 5.74) is 4.96. The summed E-state index contributed by atoms with van der Waals surface area (Å²) in [6.07, 6.45) is 0. The van der Waals surface area contributed by atoms with Crippen LogP contribution in [0, 0.1) is 5.92 Å². The maximum Gasteiger partial charge on any atom is 0.253 e. The van der Waals surface area contributed by atoms with Crippen LogP contribution < -0.4 is 10.4 Å². The molecule has 1 heterocycles. The molecule has 0 radical (unpaired) electrons. The normalized spacial score (nSPS) is 20.2. The van der Waals surface area contributed by atoms with Crippen LogP contribution in [0.15, 0.2) is 72.8 Å². The molecule has 2 atom stereocenters. The lowest BCUT2D eigenvalue weighted by atomic mass is 9.88. The molecule has 0 aromatic heterocycles. The van der Waals surface area contributed by atoms with Gasteiger partial charge in [-0.3, -0.25) is 9.59 Å². The number of amides is 1. The van der Waals surface area contributed by atoms with Crippen molar-refractivity contribution in [2.24, 2.45) is 5.92 Å². The zero-order chi connectivity index (χ0) is 17.4. The average Bonchev–Trinajstić information content (AvgIpc) is 2.99. The largest absolute Gasteiger partial charge is 0.299 e. The molecule has 3 aromatic carbocycles. The van der Waals surface area contributed by atoms with Crippen LogP contribution in [0.4, 0.5) is 5.69 Å². The van der Waals surface area contributed by atoms with Crippen molar-refractivity contribution >= 4 is 28.2 Å². The Morgan fingerprint density at radius 2 is 1.60 bits per heavy atom. The first kappa shape index (κ1) is 15.5. The number of ketones is 1. The molecule has 4 nitrogen and oxygen atoms in total. The Morgan fingerprint density at radius 1 is 0.920 bits per heavy atom. The predicted molar refractivity (Wildman–Crippen MR) is 97.9 cm³/mol. The summed E-state index contributed by atoms with van der Waals surface area (Å²) >= 11 is 0. The fourth-order valence-electron chi connectivity index (χ4n) is 3.52. The first-order valence-electron chi connectivity index (χ1n) is 8.30. The van der Waals surface area contributed by atoms with Crippen LogP contribution in [0.5, 0.6) is 0 Å². The fraction of sp³-hybridized carbons (Fsp3) is 0.143. The van der Waals surface area contributed by atoms with Crippen molar-refractivity contribution in [3.05, 3.63) is 78.4 Å². The van der Waals surface area contributed by atoms with E-state index in [4.69, 9.17) is 0 Å². The molecule has 0 bridgehead atoms. The quantitative estimate of drug-likeness (QED) is 0.746. The molecule has 4 heteroatoms. The second-order valence-corrected chi connectivity index (χ2v) is 6.27. The monoisotopic (exact) mass is 330 g/mol. The maximum absolute atomic E-state index is 12.9. The smallest absolute Gasteiger partial charge is 0.253 e. The molecule has 3 aromatic rings. The van der Waals surface area contributed by atoms with Gasteiger partial charge in [0.2, 0.25) is 0 Å². The van der Waals surface area contributed by atoms with E-state index in [1.54, 1.807) is 0 Å². The lowest BCUT2D eigenvalue weighted by Gasteiger charge is -2.19. The summed E-state index contributed by atoms with van der Waals surface area (Å²) in [5, 5.41) is 3.64. The van der Waals surface area contributed by atoms with Crippen molar-refractivity contribution in [1.29, 1.82) is 0 Å². The average molecular weight is 330 g/mol. The van der Waals surface area contributed by atoms with E-state index in [2.05, 4.69) is 5.43 Å². The van der Waals surface area contributed by atoms with E-state index in [1.807, 2.05) is 72.8 Å². The lowest BCUT2D eigenvalue weighted by Crippen LogP contribution is -2.35. The first-order valence-corrected chi connectivity index (χ1v) is 8.30. The van der Waals surface area contributed by atoms with Gasteiger partial charge in [0.05, 0.1) is 11.7 Å². The molecular formula is C21H18N2O2. The van der Waals surface area contributed by atoms with Crippen LogP contribution in [-0.2, 0) is 9.59 Å². The standard InChI is InChI=1S/C21H18N2O2/c1-14(24)19-20(18-13-7-9-15-8-5-6-12-17(15)18)22-23(21(19)25)16-10-3-2-4-11-16/h2-13,19-20,22H,1H3/t19-,20-/m1/s1. The molecule has 0 unspecified atom stereocenters. The molecule has 1 aliphatic rings. The van der Waals surface area contributed by atoms with Crippen LogP contribution in [0.2, 0.25) is 0 Å². The highest BCUT2D eigenvalue weighted by molar-refractivity contribution is 6.10.